The van der Waals surface area contributed by atoms with Crippen LogP contribution in [0.25, 0.3) is 0 Å². The highest BCUT2D eigenvalue weighted by atomic mass is 16.2. The Kier molecular flexibility index (Phi) is 5.17. The number of hydrogen-bond donors (Lipinski definition) is 0. The molecule has 2 aliphatic rings. The van der Waals surface area contributed by atoms with Crippen LogP contribution in [0.15, 0.2) is 12.7 Å². The van der Waals surface area contributed by atoms with E-state index in [1.165, 1.54) is 6.08 Å². The van der Waals surface area contributed by atoms with E-state index in [1.54, 1.807) is 4.90 Å². The van der Waals surface area contributed by atoms with Crippen molar-refractivity contribution in [2.45, 2.75) is 31.7 Å². The Labute approximate surface area is 121 Å². The summed E-state index contributed by atoms with van der Waals surface area (Å²) in [5.74, 6) is 0.244. The molecule has 0 bridgehead atoms. The van der Waals surface area contributed by atoms with E-state index in [-0.39, 0.29) is 17.9 Å². The Balaban J connectivity index is 1.75. The van der Waals surface area contributed by atoms with E-state index >= 15 is 0 Å². The maximum absolute atomic E-state index is 12.1. The van der Waals surface area contributed by atoms with Gasteiger partial charge >= 0.3 is 0 Å². The molecule has 2 heterocycles. The Morgan fingerprint density at radius 2 is 1.80 bits per heavy atom. The quantitative estimate of drug-likeness (QED) is 0.712. The molecule has 112 valence electrons. The average Bonchev–Trinajstić information content (AvgIpc) is 3.01. The second kappa shape index (κ2) is 6.88. The number of rotatable bonds is 4. The molecule has 0 aliphatic carbocycles. The molecule has 2 rings (SSSR count). The van der Waals surface area contributed by atoms with Crippen LogP contribution in [0.3, 0.4) is 0 Å². The zero-order chi connectivity index (χ0) is 14.5. The molecule has 2 saturated heterocycles. The molecule has 0 aromatic rings. The third-order valence-corrected chi connectivity index (χ3v) is 4.44. The summed E-state index contributed by atoms with van der Waals surface area (Å²) in [5.41, 5.74) is 0. The van der Waals surface area contributed by atoms with E-state index in [4.69, 9.17) is 0 Å². The van der Waals surface area contributed by atoms with E-state index < -0.39 is 0 Å². The lowest BCUT2D eigenvalue weighted by molar-refractivity contribution is -0.133. The zero-order valence-electron chi connectivity index (χ0n) is 12.4. The summed E-state index contributed by atoms with van der Waals surface area (Å²) >= 11 is 0. The minimum absolute atomic E-state index is 0.0170. The largest absolute Gasteiger partial charge is 0.342 e. The highest BCUT2D eigenvalue weighted by Crippen LogP contribution is 2.16. The minimum atomic E-state index is -0.0170. The van der Waals surface area contributed by atoms with Gasteiger partial charge in [0.15, 0.2) is 0 Å². The number of piperidine rings is 1. The van der Waals surface area contributed by atoms with Crippen LogP contribution < -0.4 is 0 Å². The molecule has 0 atom stereocenters. The van der Waals surface area contributed by atoms with Crippen molar-refractivity contribution >= 4 is 11.8 Å². The van der Waals surface area contributed by atoms with Crippen LogP contribution in [0, 0.1) is 0 Å². The molecule has 0 aromatic heterocycles. The molecule has 2 aliphatic heterocycles. The highest BCUT2D eigenvalue weighted by Gasteiger charge is 2.26. The number of amides is 2. The van der Waals surface area contributed by atoms with Crippen LogP contribution in [-0.2, 0) is 9.59 Å². The van der Waals surface area contributed by atoms with Crippen LogP contribution in [0.2, 0.25) is 0 Å². The Morgan fingerprint density at radius 1 is 1.20 bits per heavy atom. The van der Waals surface area contributed by atoms with Gasteiger partial charge in [-0.15, -0.1) is 0 Å². The van der Waals surface area contributed by atoms with Gasteiger partial charge in [-0.3, -0.25) is 14.5 Å². The summed E-state index contributed by atoms with van der Waals surface area (Å²) in [6, 6.07) is 0.277. The zero-order valence-corrected chi connectivity index (χ0v) is 12.4. The lowest BCUT2D eigenvalue weighted by Crippen LogP contribution is -2.48. The number of likely N-dealkylation sites (N-methyl/N-ethyl adjacent to an activating group) is 1. The highest BCUT2D eigenvalue weighted by molar-refractivity contribution is 5.87. The molecule has 2 amide bonds. The van der Waals surface area contributed by atoms with Gasteiger partial charge in [-0.05, 0) is 31.8 Å². The Hall–Kier alpha value is -1.36. The first-order chi connectivity index (χ1) is 9.61. The van der Waals surface area contributed by atoms with E-state index in [0.29, 0.717) is 6.54 Å². The predicted octanol–water partition coefficient (Wildman–Crippen LogP) is 0.718. The Morgan fingerprint density at radius 3 is 2.35 bits per heavy atom. The summed E-state index contributed by atoms with van der Waals surface area (Å²) < 4.78 is 0. The molecular formula is C15H25N3O2. The maximum atomic E-state index is 12.1. The van der Waals surface area contributed by atoms with Crippen molar-refractivity contribution in [1.82, 2.24) is 14.7 Å². The summed E-state index contributed by atoms with van der Waals surface area (Å²) in [7, 11) is 1.83. The van der Waals surface area contributed by atoms with Crippen molar-refractivity contribution in [3.05, 3.63) is 12.7 Å². The topological polar surface area (TPSA) is 43.9 Å². The minimum Gasteiger partial charge on any atom is -0.342 e. The van der Waals surface area contributed by atoms with E-state index in [9.17, 15) is 9.59 Å². The SMILES string of the molecule is C=CC(=O)N(C)C1CCN(CC(=O)N2CCCC2)CC1. The van der Waals surface area contributed by atoms with Crippen LogP contribution in [0.4, 0.5) is 0 Å². The van der Waals surface area contributed by atoms with Gasteiger partial charge in [-0.1, -0.05) is 6.58 Å². The first-order valence-electron chi connectivity index (χ1n) is 7.51. The lowest BCUT2D eigenvalue weighted by atomic mass is 10.0. The third kappa shape index (κ3) is 3.60. The smallest absolute Gasteiger partial charge is 0.245 e. The average molecular weight is 279 g/mol. The third-order valence-electron chi connectivity index (χ3n) is 4.44. The molecule has 0 N–H and O–H groups in total. The first kappa shape index (κ1) is 15.0. The number of likely N-dealkylation sites (tertiary alicyclic amines) is 2. The van der Waals surface area contributed by atoms with Crippen LogP contribution in [-0.4, -0.2) is 72.3 Å². The predicted molar refractivity (Wildman–Crippen MR) is 78.2 cm³/mol. The Bertz CT molecular complexity index is 369. The van der Waals surface area contributed by atoms with Gasteiger partial charge in [0.25, 0.3) is 0 Å². The van der Waals surface area contributed by atoms with Crippen LogP contribution in [0.5, 0.6) is 0 Å². The number of carbonyl (C=O) groups is 2. The molecule has 0 unspecified atom stereocenters. The molecule has 0 radical (unpaired) electrons. The fourth-order valence-corrected chi connectivity index (χ4v) is 3.05. The summed E-state index contributed by atoms with van der Waals surface area (Å²) in [5, 5.41) is 0. The fraction of sp³-hybridized carbons (Fsp3) is 0.733. The van der Waals surface area contributed by atoms with Crippen molar-refractivity contribution in [2.24, 2.45) is 0 Å². The van der Waals surface area contributed by atoms with Crippen LogP contribution in [0.1, 0.15) is 25.7 Å². The summed E-state index contributed by atoms with van der Waals surface area (Å²) in [6.45, 7) is 7.68. The second-order valence-electron chi connectivity index (χ2n) is 5.75. The monoisotopic (exact) mass is 279 g/mol. The first-order valence-corrected chi connectivity index (χ1v) is 7.51. The molecule has 0 spiro atoms. The normalized spacial score (nSPS) is 20.9. The second-order valence-corrected chi connectivity index (χ2v) is 5.75. The molecule has 5 heteroatoms. The summed E-state index contributed by atoms with van der Waals surface area (Å²) in [4.78, 5) is 29.6. The van der Waals surface area contributed by atoms with Gasteiger partial charge in [0.05, 0.1) is 6.54 Å². The van der Waals surface area contributed by atoms with Gasteiger partial charge in [-0.2, -0.15) is 0 Å². The molecule has 20 heavy (non-hydrogen) atoms. The van der Waals surface area contributed by atoms with E-state index in [1.807, 2.05) is 11.9 Å². The van der Waals surface area contributed by atoms with Gasteiger partial charge in [0.1, 0.15) is 0 Å². The molecule has 0 aromatic carbocycles. The molecule has 2 fully saturated rings. The van der Waals surface area contributed by atoms with Crippen molar-refractivity contribution in [2.75, 3.05) is 39.8 Å². The number of nitrogens with zero attached hydrogens (tertiary/aromatic N) is 3. The maximum Gasteiger partial charge on any atom is 0.245 e. The van der Waals surface area contributed by atoms with Gasteiger partial charge in [0.2, 0.25) is 11.8 Å². The van der Waals surface area contributed by atoms with Crippen molar-refractivity contribution in [1.29, 1.82) is 0 Å². The van der Waals surface area contributed by atoms with Gasteiger partial charge in [-0.25, -0.2) is 0 Å². The van der Waals surface area contributed by atoms with E-state index in [0.717, 1.165) is 51.9 Å². The lowest BCUT2D eigenvalue weighted by Gasteiger charge is -2.36. The molecular weight excluding hydrogens is 254 g/mol. The van der Waals surface area contributed by atoms with Gasteiger partial charge < -0.3 is 9.80 Å². The van der Waals surface area contributed by atoms with Gasteiger partial charge in [0, 0.05) is 39.3 Å². The van der Waals surface area contributed by atoms with Crippen molar-refractivity contribution in [3.8, 4) is 0 Å². The summed E-state index contributed by atoms with van der Waals surface area (Å²) in [6.07, 6.45) is 5.51. The number of carbonyl (C=O) groups excluding carboxylic acids is 2. The molecule has 5 nitrogen and oxygen atoms in total. The molecule has 0 saturated carbocycles. The number of hydrogen-bond acceptors (Lipinski definition) is 3. The van der Waals surface area contributed by atoms with Crippen molar-refractivity contribution in [3.63, 3.8) is 0 Å². The van der Waals surface area contributed by atoms with Crippen LogP contribution >= 0.6 is 0 Å². The van der Waals surface area contributed by atoms with Crippen molar-refractivity contribution < 1.29 is 9.59 Å². The van der Waals surface area contributed by atoms with E-state index in [2.05, 4.69) is 11.5 Å². The fourth-order valence-electron chi connectivity index (χ4n) is 3.05. The standard InChI is InChI=1S/C15H25N3O2/c1-3-14(19)16(2)13-6-10-17(11-7-13)12-15(20)18-8-4-5-9-18/h3,13H,1,4-12H2,2H3.